The standard InChI is InChI=1S/C17H15BrN2O4S/c1-23-16-11(17(22)24-2)7-9-3-4-12(18)13(14(9)20-16)15(21)19-10-5-6-25-8-10/h3-8,16,20H,1-2H3,(H,19,21). The second-order valence-corrected chi connectivity index (χ2v) is 6.84. The fraction of sp³-hybridized carbons (Fsp3) is 0.176. The Morgan fingerprint density at radius 2 is 2.08 bits per heavy atom. The fourth-order valence-electron chi connectivity index (χ4n) is 2.54. The van der Waals surface area contributed by atoms with Crippen LogP contribution in [0.4, 0.5) is 11.4 Å². The number of carbonyl (C=O) groups excluding carboxylic acids is 2. The summed E-state index contributed by atoms with van der Waals surface area (Å²) in [6.07, 6.45) is 0.960. The lowest BCUT2D eigenvalue weighted by Gasteiger charge is -2.27. The van der Waals surface area contributed by atoms with Gasteiger partial charge in [0.25, 0.3) is 5.91 Å². The highest BCUT2D eigenvalue weighted by Gasteiger charge is 2.30. The number of carbonyl (C=O) groups is 2. The molecule has 0 saturated heterocycles. The molecule has 1 aromatic carbocycles. The van der Waals surface area contributed by atoms with E-state index in [4.69, 9.17) is 9.47 Å². The average Bonchev–Trinajstić information content (AvgIpc) is 3.12. The zero-order valence-corrected chi connectivity index (χ0v) is 15.9. The molecule has 3 rings (SSSR count). The second-order valence-electron chi connectivity index (χ2n) is 5.20. The number of benzene rings is 1. The van der Waals surface area contributed by atoms with E-state index in [1.54, 1.807) is 12.1 Å². The number of hydrogen-bond donors (Lipinski definition) is 2. The van der Waals surface area contributed by atoms with Crippen molar-refractivity contribution in [2.24, 2.45) is 0 Å². The quantitative estimate of drug-likeness (QED) is 0.734. The molecule has 2 N–H and O–H groups in total. The Kier molecular flexibility index (Phi) is 5.22. The van der Waals surface area contributed by atoms with Gasteiger partial charge in [-0.3, -0.25) is 4.79 Å². The molecule has 1 atom stereocenters. The normalized spacial score (nSPS) is 15.6. The van der Waals surface area contributed by atoms with E-state index in [0.29, 0.717) is 26.9 Å². The van der Waals surface area contributed by atoms with E-state index in [-0.39, 0.29) is 5.91 Å². The summed E-state index contributed by atoms with van der Waals surface area (Å²) in [5, 5.41) is 9.69. The first-order chi connectivity index (χ1) is 12.0. The lowest BCUT2D eigenvalue weighted by Crippen LogP contribution is -2.33. The van der Waals surface area contributed by atoms with E-state index in [0.717, 1.165) is 5.69 Å². The number of thiophene rings is 1. The second kappa shape index (κ2) is 7.38. The van der Waals surface area contributed by atoms with Crippen LogP contribution in [0.1, 0.15) is 15.9 Å². The zero-order valence-electron chi connectivity index (χ0n) is 13.5. The van der Waals surface area contributed by atoms with E-state index in [2.05, 4.69) is 26.6 Å². The summed E-state index contributed by atoms with van der Waals surface area (Å²) in [6.45, 7) is 0. The van der Waals surface area contributed by atoms with Crippen molar-refractivity contribution in [3.63, 3.8) is 0 Å². The van der Waals surface area contributed by atoms with Gasteiger partial charge in [0.15, 0.2) is 6.23 Å². The van der Waals surface area contributed by atoms with E-state index in [9.17, 15) is 9.59 Å². The van der Waals surface area contributed by atoms with Crippen molar-refractivity contribution in [3.8, 4) is 0 Å². The third-order valence-electron chi connectivity index (χ3n) is 3.72. The molecule has 1 unspecified atom stereocenters. The maximum atomic E-state index is 12.7. The Hall–Kier alpha value is -2.16. The molecule has 0 spiro atoms. The highest BCUT2D eigenvalue weighted by molar-refractivity contribution is 9.10. The van der Waals surface area contributed by atoms with Gasteiger partial charge < -0.3 is 20.1 Å². The third kappa shape index (κ3) is 3.46. The molecule has 0 aliphatic carbocycles. The summed E-state index contributed by atoms with van der Waals surface area (Å²) in [6, 6.07) is 5.40. The summed E-state index contributed by atoms with van der Waals surface area (Å²) in [5.74, 6) is -0.753. The van der Waals surface area contributed by atoms with Gasteiger partial charge in [0.05, 0.1) is 29.6 Å². The molecule has 130 valence electrons. The van der Waals surface area contributed by atoms with E-state index >= 15 is 0 Å². The molecule has 0 fully saturated rings. The number of esters is 1. The molecule has 8 heteroatoms. The molecule has 1 aliphatic heterocycles. The zero-order chi connectivity index (χ0) is 18.0. The van der Waals surface area contributed by atoms with Crippen molar-refractivity contribution < 1.29 is 19.1 Å². The van der Waals surface area contributed by atoms with Crippen LogP contribution in [0.15, 0.2) is 39.0 Å². The summed E-state index contributed by atoms with van der Waals surface area (Å²) in [4.78, 5) is 24.7. The maximum Gasteiger partial charge on any atom is 0.338 e. The van der Waals surface area contributed by atoms with Gasteiger partial charge in [-0.25, -0.2) is 4.79 Å². The molecule has 1 aromatic heterocycles. The summed E-state index contributed by atoms with van der Waals surface area (Å²) in [5.41, 5.74) is 2.79. The molecular weight excluding hydrogens is 408 g/mol. The van der Waals surface area contributed by atoms with Crippen LogP contribution in [-0.2, 0) is 14.3 Å². The number of anilines is 2. The molecule has 0 saturated carbocycles. The van der Waals surface area contributed by atoms with Crippen molar-refractivity contribution in [3.05, 3.63) is 50.1 Å². The Bertz CT molecular complexity index is 849. The van der Waals surface area contributed by atoms with Crippen LogP contribution >= 0.6 is 27.3 Å². The molecule has 2 aromatic rings. The minimum Gasteiger partial charge on any atom is -0.466 e. The summed E-state index contributed by atoms with van der Waals surface area (Å²) < 4.78 is 10.8. The van der Waals surface area contributed by atoms with Crippen LogP contribution in [-0.4, -0.2) is 32.3 Å². The number of rotatable bonds is 4. The number of fused-ring (bicyclic) bond motifs is 1. The van der Waals surface area contributed by atoms with Crippen LogP contribution < -0.4 is 10.6 Å². The van der Waals surface area contributed by atoms with E-state index < -0.39 is 12.2 Å². The highest BCUT2D eigenvalue weighted by Crippen LogP contribution is 2.35. The van der Waals surface area contributed by atoms with Crippen molar-refractivity contribution in [2.75, 3.05) is 24.9 Å². The predicted octanol–water partition coefficient (Wildman–Crippen LogP) is 3.72. The molecule has 25 heavy (non-hydrogen) atoms. The van der Waals surface area contributed by atoms with Gasteiger partial charge in [-0.2, -0.15) is 11.3 Å². The van der Waals surface area contributed by atoms with Crippen molar-refractivity contribution in [2.45, 2.75) is 6.23 Å². The Morgan fingerprint density at radius 1 is 1.28 bits per heavy atom. The SMILES string of the molecule is COC(=O)C1=Cc2ccc(Br)c(C(=O)Nc3ccsc3)c2NC1OC. The monoisotopic (exact) mass is 422 g/mol. The number of ether oxygens (including phenoxy) is 2. The van der Waals surface area contributed by atoms with Crippen LogP contribution in [0.25, 0.3) is 6.08 Å². The van der Waals surface area contributed by atoms with Gasteiger partial charge >= 0.3 is 5.97 Å². The van der Waals surface area contributed by atoms with Gasteiger partial charge in [-0.15, -0.1) is 0 Å². The third-order valence-corrected chi connectivity index (χ3v) is 5.06. The first-order valence-corrected chi connectivity index (χ1v) is 9.04. The molecule has 1 amide bonds. The first-order valence-electron chi connectivity index (χ1n) is 7.30. The average molecular weight is 423 g/mol. The van der Waals surface area contributed by atoms with E-state index in [1.165, 1.54) is 25.6 Å². The summed E-state index contributed by atoms with van der Waals surface area (Å²) >= 11 is 4.93. The van der Waals surface area contributed by atoms with Crippen LogP contribution in [0, 0.1) is 0 Å². The lowest BCUT2D eigenvalue weighted by molar-refractivity contribution is -0.137. The van der Waals surface area contributed by atoms with Crippen LogP contribution in [0.2, 0.25) is 0 Å². The van der Waals surface area contributed by atoms with Gasteiger partial charge in [0.1, 0.15) is 0 Å². The first kappa shape index (κ1) is 17.7. The van der Waals surface area contributed by atoms with Crippen LogP contribution in [0.3, 0.4) is 0 Å². The maximum absolute atomic E-state index is 12.7. The van der Waals surface area contributed by atoms with Crippen molar-refractivity contribution >= 4 is 56.6 Å². The number of hydrogen-bond acceptors (Lipinski definition) is 6. The molecule has 2 heterocycles. The molecule has 1 aliphatic rings. The Morgan fingerprint density at radius 3 is 2.72 bits per heavy atom. The predicted molar refractivity (Wildman–Crippen MR) is 101 cm³/mol. The lowest BCUT2D eigenvalue weighted by atomic mass is 9.98. The van der Waals surface area contributed by atoms with Crippen molar-refractivity contribution in [1.82, 2.24) is 0 Å². The Labute approximate surface area is 157 Å². The molecular formula is C17H15BrN2O4S. The van der Waals surface area contributed by atoms with Gasteiger partial charge in [0.2, 0.25) is 0 Å². The van der Waals surface area contributed by atoms with Gasteiger partial charge in [-0.1, -0.05) is 6.07 Å². The minimum absolute atomic E-state index is 0.264. The molecule has 0 bridgehead atoms. The molecule has 0 radical (unpaired) electrons. The molecule has 6 nitrogen and oxygen atoms in total. The Balaban J connectivity index is 2.04. The topological polar surface area (TPSA) is 76.7 Å². The number of methoxy groups -OCH3 is 2. The van der Waals surface area contributed by atoms with Gasteiger partial charge in [-0.05, 0) is 45.1 Å². The largest absolute Gasteiger partial charge is 0.466 e. The summed E-state index contributed by atoms with van der Waals surface area (Å²) in [7, 11) is 2.79. The number of halogens is 1. The number of nitrogens with one attached hydrogen (secondary N) is 2. The smallest absolute Gasteiger partial charge is 0.338 e. The fourth-order valence-corrected chi connectivity index (χ4v) is 3.64. The van der Waals surface area contributed by atoms with Crippen LogP contribution in [0.5, 0.6) is 0 Å². The van der Waals surface area contributed by atoms with E-state index in [1.807, 2.05) is 22.9 Å². The van der Waals surface area contributed by atoms with Crippen molar-refractivity contribution in [1.29, 1.82) is 0 Å². The number of amides is 1. The highest BCUT2D eigenvalue weighted by atomic mass is 79.9. The minimum atomic E-state index is -0.707. The van der Waals surface area contributed by atoms with Gasteiger partial charge in [0, 0.05) is 17.0 Å².